The number of hydrogen-bond acceptors (Lipinski definition) is 4. The second-order valence-corrected chi connectivity index (χ2v) is 8.37. The van der Waals surface area contributed by atoms with Gasteiger partial charge in [-0.2, -0.15) is 0 Å². The third-order valence-corrected chi connectivity index (χ3v) is 5.69. The molecule has 2 aromatic rings. The molecule has 7 nitrogen and oxygen atoms in total. The summed E-state index contributed by atoms with van der Waals surface area (Å²) in [5.74, 6) is -1.66. The molecule has 1 fully saturated rings. The van der Waals surface area contributed by atoms with Gasteiger partial charge in [0.15, 0.2) is 0 Å². The summed E-state index contributed by atoms with van der Waals surface area (Å²) in [4.78, 5) is 39.7. The number of carbonyl (C=O) groups excluding carboxylic acids is 3. The summed E-state index contributed by atoms with van der Waals surface area (Å²) in [7, 11) is 0. The molecule has 0 aromatic heterocycles. The third-order valence-electron chi connectivity index (χ3n) is 5.06. The highest BCUT2D eigenvalue weighted by molar-refractivity contribution is 7.80. The van der Waals surface area contributed by atoms with Gasteiger partial charge in [-0.05, 0) is 67.2 Å². The number of amides is 3. The number of nitrogens with zero attached hydrogens (tertiary/aromatic N) is 2. The van der Waals surface area contributed by atoms with Gasteiger partial charge in [0, 0.05) is 17.1 Å². The average molecular weight is 491 g/mol. The number of carbonyl (C=O) groups is 3. The number of halogens is 2. The maximum atomic E-state index is 13.3. The third kappa shape index (κ3) is 6.27. The van der Waals surface area contributed by atoms with Gasteiger partial charge in [0.05, 0.1) is 12.1 Å². The van der Waals surface area contributed by atoms with Crippen LogP contribution in [0.3, 0.4) is 0 Å². The van der Waals surface area contributed by atoms with Crippen molar-refractivity contribution < 1.29 is 18.8 Å². The Hall–Kier alpha value is -3.04. The Kier molecular flexibility index (Phi) is 8.35. The van der Waals surface area contributed by atoms with E-state index in [1.54, 1.807) is 24.3 Å². The van der Waals surface area contributed by atoms with Crippen LogP contribution in [0.4, 0.5) is 15.8 Å². The molecular weight excluding hydrogens is 467 g/mol. The molecule has 0 bridgehead atoms. The normalized spacial score (nSPS) is 15.7. The first kappa shape index (κ1) is 24.6. The Balaban J connectivity index is 1.79. The minimum absolute atomic E-state index is 0.0609. The monoisotopic (exact) mass is 490 g/mol. The Bertz CT molecular complexity index is 1030. The molecular formula is C23H24ClFN4O3S. The summed E-state index contributed by atoms with van der Waals surface area (Å²) in [5, 5.41) is 4.46. The lowest BCUT2D eigenvalue weighted by molar-refractivity contribution is -0.129. The summed E-state index contributed by atoms with van der Waals surface area (Å²) in [6.07, 6.45) is 2.57. The van der Waals surface area contributed by atoms with Crippen molar-refractivity contribution in [2.75, 3.05) is 10.2 Å². The van der Waals surface area contributed by atoms with Crippen LogP contribution in [0.25, 0.3) is 0 Å². The van der Waals surface area contributed by atoms with E-state index < -0.39 is 23.7 Å². The van der Waals surface area contributed by atoms with Crippen molar-refractivity contribution in [2.24, 2.45) is 0 Å². The minimum atomic E-state index is -1.04. The van der Waals surface area contributed by atoms with E-state index in [4.69, 9.17) is 23.8 Å². The number of unbranched alkanes of at least 4 members (excludes halogenated alkanes) is 2. The number of hydrogen-bond donors (Lipinski definition) is 2. The lowest BCUT2D eigenvalue weighted by atomic mass is 10.1. The van der Waals surface area contributed by atoms with Gasteiger partial charge in [-0.15, -0.1) is 0 Å². The molecule has 1 aliphatic heterocycles. The van der Waals surface area contributed by atoms with E-state index in [0.29, 0.717) is 22.8 Å². The smallest absolute Gasteiger partial charge is 0.258 e. The van der Waals surface area contributed by atoms with E-state index in [-0.39, 0.29) is 23.9 Å². The molecule has 174 valence electrons. The highest BCUT2D eigenvalue weighted by Gasteiger charge is 2.45. The van der Waals surface area contributed by atoms with Crippen LogP contribution in [0.15, 0.2) is 48.5 Å². The zero-order valence-electron chi connectivity index (χ0n) is 18.0. The fourth-order valence-electron chi connectivity index (χ4n) is 3.37. The van der Waals surface area contributed by atoms with Gasteiger partial charge in [0.25, 0.3) is 5.91 Å². The van der Waals surface area contributed by atoms with Crippen LogP contribution in [0.1, 0.15) is 39.0 Å². The van der Waals surface area contributed by atoms with Crippen molar-refractivity contribution in [1.82, 2.24) is 10.4 Å². The maximum Gasteiger partial charge on any atom is 0.258 e. The fraction of sp³-hybridized carbons (Fsp3) is 0.304. The van der Waals surface area contributed by atoms with Gasteiger partial charge >= 0.3 is 0 Å². The lowest BCUT2D eigenvalue weighted by Gasteiger charge is -2.24. The van der Waals surface area contributed by atoms with Gasteiger partial charge in [-0.3, -0.25) is 24.7 Å². The first-order valence-electron chi connectivity index (χ1n) is 10.6. The Morgan fingerprint density at radius 2 is 1.73 bits per heavy atom. The molecule has 10 heteroatoms. The molecule has 0 spiro atoms. The van der Waals surface area contributed by atoms with Crippen LogP contribution in [0, 0.1) is 5.82 Å². The summed E-state index contributed by atoms with van der Waals surface area (Å²) in [6.45, 7) is 2.03. The van der Waals surface area contributed by atoms with Crippen LogP contribution >= 0.6 is 23.8 Å². The quantitative estimate of drug-likeness (QED) is 0.401. The molecule has 1 aliphatic rings. The van der Waals surface area contributed by atoms with Crippen LogP contribution in [0.2, 0.25) is 5.02 Å². The standard InChI is InChI=1S/C23H24ClFN4O3S/c1-2-3-4-5-20(30)27-29-19(14-21(31)26-17-10-8-16(25)9-11-17)22(32)28(23(29)33)18-12-6-15(24)7-13-18/h6-13,19H,2-5,14H2,1H3,(H,26,31)(H,27,30). The molecule has 0 radical (unpaired) electrons. The lowest BCUT2D eigenvalue weighted by Crippen LogP contribution is -2.49. The van der Waals surface area contributed by atoms with Crippen LogP contribution in [0.5, 0.6) is 0 Å². The maximum absolute atomic E-state index is 13.3. The molecule has 1 saturated heterocycles. The number of hydrazine groups is 1. The van der Waals surface area contributed by atoms with Gasteiger partial charge in [0.1, 0.15) is 11.9 Å². The van der Waals surface area contributed by atoms with Crippen molar-refractivity contribution >= 4 is 58.0 Å². The molecule has 1 heterocycles. The number of rotatable bonds is 9. The SMILES string of the molecule is CCCCCC(=O)NN1C(=S)N(c2ccc(Cl)cc2)C(=O)C1CC(=O)Nc1ccc(F)cc1. The first-order chi connectivity index (χ1) is 15.8. The number of anilines is 2. The zero-order valence-corrected chi connectivity index (χ0v) is 19.6. The second-order valence-electron chi connectivity index (χ2n) is 7.57. The highest BCUT2D eigenvalue weighted by atomic mass is 35.5. The number of thiocarbonyl (C=S) groups is 1. The predicted molar refractivity (Wildman–Crippen MR) is 129 cm³/mol. The Morgan fingerprint density at radius 3 is 2.36 bits per heavy atom. The largest absolute Gasteiger partial charge is 0.326 e. The van der Waals surface area contributed by atoms with Gasteiger partial charge in [-0.25, -0.2) is 9.40 Å². The summed E-state index contributed by atoms with van der Waals surface area (Å²) < 4.78 is 13.1. The van der Waals surface area contributed by atoms with E-state index in [0.717, 1.165) is 12.8 Å². The molecule has 2 aromatic carbocycles. The van der Waals surface area contributed by atoms with E-state index in [9.17, 15) is 18.8 Å². The number of benzene rings is 2. The van der Waals surface area contributed by atoms with Crippen LogP contribution < -0.4 is 15.6 Å². The van der Waals surface area contributed by atoms with Crippen molar-refractivity contribution in [3.8, 4) is 0 Å². The molecule has 1 unspecified atom stereocenters. The summed E-state index contributed by atoms with van der Waals surface area (Å²) in [6, 6.07) is 10.7. The summed E-state index contributed by atoms with van der Waals surface area (Å²) in [5.41, 5.74) is 3.55. The molecule has 3 amide bonds. The van der Waals surface area contributed by atoms with Crippen molar-refractivity contribution in [2.45, 2.75) is 45.1 Å². The Morgan fingerprint density at radius 1 is 1.06 bits per heavy atom. The Labute approximate surface area is 201 Å². The van der Waals surface area contributed by atoms with Crippen molar-refractivity contribution in [3.63, 3.8) is 0 Å². The van der Waals surface area contributed by atoms with Gasteiger partial charge in [-0.1, -0.05) is 31.4 Å². The first-order valence-corrected chi connectivity index (χ1v) is 11.4. The molecule has 1 atom stereocenters. The van der Waals surface area contributed by atoms with Crippen LogP contribution in [-0.2, 0) is 14.4 Å². The highest BCUT2D eigenvalue weighted by Crippen LogP contribution is 2.27. The number of nitrogens with one attached hydrogen (secondary N) is 2. The average Bonchev–Trinajstić information content (AvgIpc) is 3.00. The van der Waals surface area contributed by atoms with E-state index in [1.165, 1.54) is 34.2 Å². The topological polar surface area (TPSA) is 81.8 Å². The molecule has 0 saturated carbocycles. The minimum Gasteiger partial charge on any atom is -0.326 e. The molecule has 33 heavy (non-hydrogen) atoms. The fourth-order valence-corrected chi connectivity index (χ4v) is 3.87. The van der Waals surface area contributed by atoms with Gasteiger partial charge < -0.3 is 5.32 Å². The van der Waals surface area contributed by atoms with E-state index >= 15 is 0 Å². The van der Waals surface area contributed by atoms with Gasteiger partial charge in [0.2, 0.25) is 16.9 Å². The van der Waals surface area contributed by atoms with E-state index in [1.807, 2.05) is 6.92 Å². The molecule has 3 rings (SSSR count). The molecule has 2 N–H and O–H groups in total. The predicted octanol–water partition coefficient (Wildman–Crippen LogP) is 4.42. The summed E-state index contributed by atoms with van der Waals surface area (Å²) >= 11 is 11.4. The van der Waals surface area contributed by atoms with Crippen molar-refractivity contribution in [3.05, 3.63) is 59.4 Å². The van der Waals surface area contributed by atoms with Crippen molar-refractivity contribution in [1.29, 1.82) is 0 Å². The van der Waals surface area contributed by atoms with E-state index in [2.05, 4.69) is 10.7 Å². The van der Waals surface area contributed by atoms with Crippen LogP contribution in [-0.4, -0.2) is 33.9 Å². The molecule has 0 aliphatic carbocycles. The zero-order chi connectivity index (χ0) is 24.0. The second kappa shape index (κ2) is 11.2.